The molecule has 1 saturated heterocycles. The number of hydrogen-bond donors (Lipinski definition) is 1. The minimum atomic E-state index is -5.15. The van der Waals surface area contributed by atoms with E-state index < -0.39 is 92.1 Å². The number of alkyl halides is 7. The maximum absolute atomic E-state index is 15.7. The molecule has 7 nitrogen and oxygen atoms in total. The van der Waals surface area contributed by atoms with Crippen LogP contribution in [-0.2, 0) is 28.4 Å². The Morgan fingerprint density at radius 1 is 1.00 bits per heavy atom. The van der Waals surface area contributed by atoms with Gasteiger partial charge in [0.2, 0.25) is 8.96 Å². The summed E-state index contributed by atoms with van der Waals surface area (Å²) in [5.41, 5.74) is -3.80. The van der Waals surface area contributed by atoms with Gasteiger partial charge < -0.3 is 9.90 Å². The maximum Gasteiger partial charge on any atom is 0.421 e. The molecule has 1 aliphatic rings. The summed E-state index contributed by atoms with van der Waals surface area (Å²) in [6.45, 7) is 7.05. The Balaban J connectivity index is 1.75. The average molecular weight is 746 g/mol. The van der Waals surface area contributed by atoms with E-state index in [4.69, 9.17) is 0 Å². The molecular formula is C35H39F8N3O4Si. The summed E-state index contributed by atoms with van der Waals surface area (Å²) in [6, 6.07) is 7.42. The number of carbonyl (C=O) groups is 2. The Morgan fingerprint density at radius 2 is 1.61 bits per heavy atom. The highest BCUT2D eigenvalue weighted by molar-refractivity contribution is 6.88. The number of likely N-dealkylation sites (tertiary alicyclic amines) is 1. The topological polar surface area (TPSA) is 92.5 Å². The molecule has 0 saturated carbocycles. The van der Waals surface area contributed by atoms with Gasteiger partial charge in [0.15, 0.2) is 0 Å². The summed E-state index contributed by atoms with van der Waals surface area (Å²) in [5.74, 6) is -4.90. The zero-order chi connectivity index (χ0) is 38.0. The fourth-order valence-corrected chi connectivity index (χ4v) is 9.34. The van der Waals surface area contributed by atoms with Crippen LogP contribution in [-0.4, -0.2) is 65.6 Å². The first kappa shape index (κ1) is 39.9. The molecule has 4 rings (SSSR count). The monoisotopic (exact) mass is 745 g/mol. The molecule has 2 heterocycles. The van der Waals surface area contributed by atoms with Crippen molar-refractivity contribution in [2.75, 3.05) is 19.6 Å². The van der Waals surface area contributed by atoms with Gasteiger partial charge in [-0.3, -0.25) is 18.8 Å². The summed E-state index contributed by atoms with van der Waals surface area (Å²) in [6.07, 6.45) is -13.2. The number of halogens is 8. The molecule has 0 radical (unpaired) electrons. The molecule has 2 aromatic carbocycles. The molecule has 1 N–H and O–H groups in total. The van der Waals surface area contributed by atoms with E-state index in [0.29, 0.717) is 33.2 Å². The summed E-state index contributed by atoms with van der Waals surface area (Å²) in [7, 11) is -3.42. The number of carboxylic acids is 1. The van der Waals surface area contributed by atoms with Gasteiger partial charge in [-0.25, -0.2) is 8.78 Å². The van der Waals surface area contributed by atoms with E-state index in [1.54, 1.807) is 50.8 Å². The van der Waals surface area contributed by atoms with Gasteiger partial charge >= 0.3 is 18.3 Å². The van der Waals surface area contributed by atoms with Gasteiger partial charge in [-0.1, -0.05) is 32.0 Å². The van der Waals surface area contributed by atoms with Crippen molar-refractivity contribution in [1.82, 2.24) is 14.3 Å². The van der Waals surface area contributed by atoms with Gasteiger partial charge in [0.1, 0.15) is 23.0 Å². The van der Waals surface area contributed by atoms with Crippen molar-refractivity contribution in [2.24, 2.45) is 5.92 Å². The molecule has 0 unspecified atom stereocenters. The van der Waals surface area contributed by atoms with E-state index in [1.165, 1.54) is 0 Å². The van der Waals surface area contributed by atoms with Crippen LogP contribution in [0.3, 0.4) is 0 Å². The van der Waals surface area contributed by atoms with Crippen molar-refractivity contribution in [1.29, 1.82) is 0 Å². The number of hydrogen-bond acceptors (Lipinski definition) is 5. The second-order valence-electron chi connectivity index (χ2n) is 13.5. The van der Waals surface area contributed by atoms with E-state index in [2.05, 4.69) is 5.10 Å². The molecule has 1 aromatic heterocycles. The van der Waals surface area contributed by atoms with Gasteiger partial charge in [0, 0.05) is 32.5 Å². The van der Waals surface area contributed by atoms with Gasteiger partial charge in [-0.05, 0) is 84.2 Å². The minimum absolute atomic E-state index is 0.00407. The van der Waals surface area contributed by atoms with Gasteiger partial charge in [0.05, 0.1) is 17.7 Å². The van der Waals surface area contributed by atoms with E-state index in [-0.39, 0.29) is 49.3 Å². The molecule has 278 valence electrons. The van der Waals surface area contributed by atoms with Crippen LogP contribution in [0.4, 0.5) is 35.1 Å². The number of benzene rings is 2. The lowest BCUT2D eigenvalue weighted by Crippen LogP contribution is -2.49. The second-order valence-corrected chi connectivity index (χ2v) is 16.2. The molecular weight excluding hydrogens is 706 g/mol. The first-order valence-electron chi connectivity index (χ1n) is 16.4. The largest absolute Gasteiger partial charge is 0.481 e. The van der Waals surface area contributed by atoms with Crippen LogP contribution in [0.15, 0.2) is 41.2 Å². The molecule has 1 fully saturated rings. The molecule has 0 amide bonds. The molecule has 3 aromatic rings. The quantitative estimate of drug-likeness (QED) is 0.138. The lowest BCUT2D eigenvalue weighted by atomic mass is 9.85. The fraction of sp³-hybridized carbons (Fsp3) is 0.486. The summed E-state index contributed by atoms with van der Waals surface area (Å²) < 4.78 is 114. The number of rotatable bonds is 14. The fourth-order valence-electron chi connectivity index (χ4n) is 6.50. The molecule has 16 heteroatoms. The maximum atomic E-state index is 15.7. The highest BCUT2D eigenvalue weighted by Gasteiger charge is 2.40. The molecule has 0 bridgehead atoms. The number of aliphatic carboxylic acids is 1. The van der Waals surface area contributed by atoms with Crippen LogP contribution >= 0.6 is 0 Å². The van der Waals surface area contributed by atoms with Crippen LogP contribution in [0.2, 0.25) is 6.04 Å². The van der Waals surface area contributed by atoms with Crippen molar-refractivity contribution in [2.45, 2.75) is 83.9 Å². The predicted molar refractivity (Wildman–Crippen MR) is 176 cm³/mol. The summed E-state index contributed by atoms with van der Waals surface area (Å²) in [4.78, 5) is 40.7. The predicted octanol–water partition coefficient (Wildman–Crippen LogP) is 7.27. The molecule has 0 aliphatic carbocycles. The van der Waals surface area contributed by atoms with Gasteiger partial charge in [0.25, 0.3) is 5.56 Å². The van der Waals surface area contributed by atoms with Gasteiger partial charge in [-0.15, -0.1) is 0 Å². The van der Waals surface area contributed by atoms with Crippen molar-refractivity contribution in [3.63, 3.8) is 0 Å². The Morgan fingerprint density at radius 3 is 2.14 bits per heavy atom. The van der Waals surface area contributed by atoms with Crippen molar-refractivity contribution >= 4 is 20.3 Å². The Labute approximate surface area is 291 Å². The normalized spacial score (nSPS) is 15.5. The number of aryl methyl sites for hydroxylation is 2. The Kier molecular flexibility index (Phi) is 12.3. The first-order chi connectivity index (χ1) is 23.7. The number of carboxylic acid groups (broad SMARTS) is 1. The minimum Gasteiger partial charge on any atom is -0.481 e. The highest BCUT2D eigenvalue weighted by atomic mass is 28.3. The van der Waals surface area contributed by atoms with Crippen molar-refractivity contribution < 1.29 is 49.8 Å². The third-order valence-corrected chi connectivity index (χ3v) is 12.4. The van der Waals surface area contributed by atoms with Crippen molar-refractivity contribution in [3.8, 4) is 11.1 Å². The van der Waals surface area contributed by atoms with Crippen LogP contribution in [0.25, 0.3) is 11.1 Å². The van der Waals surface area contributed by atoms with Crippen molar-refractivity contribution in [3.05, 3.63) is 86.1 Å². The molecule has 2 atom stereocenters. The first-order valence-corrected chi connectivity index (χ1v) is 18.4. The number of carbonyl (C=O) groups excluding carboxylic acids is 1. The van der Waals surface area contributed by atoms with E-state index in [9.17, 15) is 50.2 Å². The summed E-state index contributed by atoms with van der Waals surface area (Å²) in [5, 5.41) is 13.2. The number of aromatic nitrogens is 2. The zero-order valence-electron chi connectivity index (χ0n) is 28.5. The Hall–Kier alpha value is -3.92. The Bertz CT molecular complexity index is 1800. The van der Waals surface area contributed by atoms with Crippen LogP contribution < -0.4 is 5.56 Å². The molecule has 1 aliphatic heterocycles. The molecule has 0 spiro atoms. The standard InChI is InChI=1S/C35H39F8N3O4Si/c1-19(2)18-51(46-33(50)28(35(41,42)43)15-25(44-46)10-11-45-16-24(36)17-45)30(49)9-8-22(14-29(47)48)26-12-23(13-27(32(26)37)34(38,39)40)31-20(3)6-5-7-21(31)4/h5-7,12-13,15,19,22,24,51H,8-11,14,16-18H2,1-4H3,(H,47,48)/t22-,51-/m0/s1. The van der Waals surface area contributed by atoms with Crippen LogP contribution in [0.5, 0.6) is 0 Å². The SMILES string of the molecule is Cc1cccc(C)c1-c1cc([C@@H](CCC(=O)[Si@H](CC(C)C)n2nc(CCN3CC(F)C3)cc(C(F)(F)F)c2=O)CC(=O)O)c(F)c(C(F)(F)F)c1. The third kappa shape index (κ3) is 9.70. The third-order valence-electron chi connectivity index (χ3n) is 9.03. The average Bonchev–Trinajstić information content (AvgIpc) is 2.99. The van der Waals surface area contributed by atoms with Crippen LogP contribution in [0, 0.1) is 25.6 Å². The van der Waals surface area contributed by atoms with E-state index in [0.717, 1.165) is 6.07 Å². The second kappa shape index (κ2) is 15.8. The zero-order valence-corrected chi connectivity index (χ0v) is 29.6. The van der Waals surface area contributed by atoms with Gasteiger partial charge in [-0.2, -0.15) is 31.4 Å². The lowest BCUT2D eigenvalue weighted by Gasteiger charge is -2.34. The highest BCUT2D eigenvalue weighted by Crippen LogP contribution is 2.41. The van der Waals surface area contributed by atoms with Crippen LogP contribution in [0.1, 0.15) is 72.5 Å². The smallest absolute Gasteiger partial charge is 0.421 e. The lowest BCUT2D eigenvalue weighted by molar-refractivity contribution is -0.140. The van der Waals surface area contributed by atoms with E-state index in [1.807, 2.05) is 0 Å². The molecule has 51 heavy (non-hydrogen) atoms. The summed E-state index contributed by atoms with van der Waals surface area (Å²) >= 11 is 0. The number of nitrogens with zero attached hydrogens (tertiary/aromatic N) is 3. The van der Waals surface area contributed by atoms with E-state index >= 15 is 4.39 Å².